The van der Waals surface area contributed by atoms with Crippen LogP contribution in [0.2, 0.25) is 0 Å². The summed E-state index contributed by atoms with van der Waals surface area (Å²) in [4.78, 5) is 2.57. The first-order valence-corrected chi connectivity index (χ1v) is 9.54. The smallest absolute Gasteiger partial charge is 0.127 e. The number of methoxy groups -OCH3 is 3. The lowest BCUT2D eigenvalue weighted by molar-refractivity contribution is 0.238. The Kier molecular flexibility index (Phi) is 6.96. The van der Waals surface area contributed by atoms with Crippen LogP contribution in [0.4, 0.5) is 0 Å². The van der Waals surface area contributed by atoms with Gasteiger partial charge in [-0.2, -0.15) is 0 Å². The first-order valence-electron chi connectivity index (χ1n) is 9.54. The van der Waals surface area contributed by atoms with Gasteiger partial charge < -0.3 is 19.5 Å². The third-order valence-electron chi connectivity index (χ3n) is 5.23. The molecule has 0 unspecified atom stereocenters. The first kappa shape index (κ1) is 19.5. The molecule has 3 rings (SSSR count). The summed E-state index contributed by atoms with van der Waals surface area (Å²) in [5, 5.41) is 3.62. The zero-order valence-electron chi connectivity index (χ0n) is 16.5. The van der Waals surface area contributed by atoms with Gasteiger partial charge in [0.15, 0.2) is 0 Å². The van der Waals surface area contributed by atoms with E-state index < -0.39 is 0 Å². The summed E-state index contributed by atoms with van der Waals surface area (Å²) in [5.74, 6) is 2.56. The lowest BCUT2D eigenvalue weighted by atomic mass is 10.0. The highest BCUT2D eigenvalue weighted by atomic mass is 16.5. The van der Waals surface area contributed by atoms with E-state index in [1.807, 2.05) is 24.3 Å². The molecule has 0 saturated carbocycles. The van der Waals surface area contributed by atoms with Gasteiger partial charge in [-0.3, -0.25) is 4.90 Å². The maximum Gasteiger partial charge on any atom is 0.127 e. The Morgan fingerprint density at radius 3 is 2.19 bits per heavy atom. The van der Waals surface area contributed by atoms with Crippen LogP contribution in [0, 0.1) is 0 Å². The minimum Gasteiger partial charge on any atom is -0.497 e. The average molecular weight is 370 g/mol. The van der Waals surface area contributed by atoms with Crippen molar-refractivity contribution in [3.63, 3.8) is 0 Å². The Bertz CT molecular complexity index is 712. The van der Waals surface area contributed by atoms with Gasteiger partial charge in [-0.1, -0.05) is 18.2 Å². The van der Waals surface area contributed by atoms with Crippen molar-refractivity contribution in [1.29, 1.82) is 0 Å². The molecule has 2 aromatic carbocycles. The molecule has 1 atom stereocenters. The molecular formula is C22H30N2O3. The summed E-state index contributed by atoms with van der Waals surface area (Å²) in [6.07, 6.45) is 2.55. The molecule has 1 aliphatic rings. The number of hydrogen-bond acceptors (Lipinski definition) is 5. The summed E-state index contributed by atoms with van der Waals surface area (Å²) in [6.45, 7) is 3.96. The van der Waals surface area contributed by atoms with E-state index in [1.165, 1.54) is 18.4 Å². The van der Waals surface area contributed by atoms with Gasteiger partial charge in [-0.05, 0) is 49.7 Å². The molecule has 0 bridgehead atoms. The molecule has 1 fully saturated rings. The van der Waals surface area contributed by atoms with E-state index in [1.54, 1.807) is 21.3 Å². The molecule has 1 aliphatic heterocycles. The Balaban J connectivity index is 1.67. The third-order valence-corrected chi connectivity index (χ3v) is 5.23. The number of hydrogen-bond donors (Lipinski definition) is 1. The Hall–Kier alpha value is -2.24. The Morgan fingerprint density at radius 1 is 0.889 bits per heavy atom. The molecule has 1 N–H and O–H groups in total. The van der Waals surface area contributed by atoms with Crippen molar-refractivity contribution in [2.75, 3.05) is 41.0 Å². The molecule has 5 heteroatoms. The molecule has 2 aromatic rings. The lowest BCUT2D eigenvalue weighted by Crippen LogP contribution is -2.34. The first-order chi connectivity index (χ1) is 13.2. The fraction of sp³-hybridized carbons (Fsp3) is 0.455. The summed E-state index contributed by atoms with van der Waals surface area (Å²) >= 11 is 0. The predicted molar refractivity (Wildman–Crippen MR) is 108 cm³/mol. The van der Waals surface area contributed by atoms with Crippen LogP contribution >= 0.6 is 0 Å². The van der Waals surface area contributed by atoms with Gasteiger partial charge in [0.05, 0.1) is 21.3 Å². The number of rotatable bonds is 9. The highest BCUT2D eigenvalue weighted by Crippen LogP contribution is 2.27. The van der Waals surface area contributed by atoms with Crippen molar-refractivity contribution in [2.24, 2.45) is 0 Å². The number of nitrogens with one attached hydrogen (secondary N) is 1. The average Bonchev–Trinajstić information content (AvgIpc) is 3.26. The summed E-state index contributed by atoms with van der Waals surface area (Å²) in [6, 6.07) is 14.8. The van der Waals surface area contributed by atoms with E-state index in [0.29, 0.717) is 6.04 Å². The van der Waals surface area contributed by atoms with Crippen LogP contribution in [0.15, 0.2) is 42.5 Å². The quantitative estimate of drug-likeness (QED) is 0.730. The normalized spacial score (nSPS) is 15.5. The summed E-state index contributed by atoms with van der Waals surface area (Å²) in [5.41, 5.74) is 2.46. The van der Waals surface area contributed by atoms with E-state index in [9.17, 15) is 0 Å². The monoisotopic (exact) mass is 370 g/mol. The van der Waals surface area contributed by atoms with Crippen LogP contribution in [0.1, 0.15) is 30.0 Å². The zero-order valence-corrected chi connectivity index (χ0v) is 16.5. The van der Waals surface area contributed by atoms with E-state index in [2.05, 4.69) is 28.4 Å². The maximum absolute atomic E-state index is 5.51. The second-order valence-electron chi connectivity index (χ2n) is 6.84. The van der Waals surface area contributed by atoms with Crippen LogP contribution < -0.4 is 19.5 Å². The second kappa shape index (κ2) is 9.62. The van der Waals surface area contributed by atoms with Crippen LogP contribution in [0.5, 0.6) is 17.2 Å². The van der Waals surface area contributed by atoms with Gasteiger partial charge in [0.2, 0.25) is 0 Å². The number of ether oxygens (including phenoxy) is 3. The topological polar surface area (TPSA) is 43.0 Å². The SMILES string of the molecule is COc1ccc([C@@H](CNCc2ccc(OC)cc2OC)N2CCCC2)cc1. The van der Waals surface area contributed by atoms with Gasteiger partial charge >= 0.3 is 0 Å². The Morgan fingerprint density at radius 2 is 1.56 bits per heavy atom. The van der Waals surface area contributed by atoms with Crippen LogP contribution in [-0.2, 0) is 6.54 Å². The maximum atomic E-state index is 5.51. The van der Waals surface area contributed by atoms with Crippen molar-refractivity contribution in [3.05, 3.63) is 53.6 Å². The molecule has 0 amide bonds. The predicted octanol–water partition coefficient (Wildman–Crippen LogP) is 3.64. The molecule has 0 radical (unpaired) electrons. The number of likely N-dealkylation sites (tertiary alicyclic amines) is 1. The lowest BCUT2D eigenvalue weighted by Gasteiger charge is -2.28. The van der Waals surface area contributed by atoms with Crippen molar-refractivity contribution >= 4 is 0 Å². The molecular weight excluding hydrogens is 340 g/mol. The fourth-order valence-corrected chi connectivity index (χ4v) is 3.68. The van der Waals surface area contributed by atoms with Crippen LogP contribution in [-0.4, -0.2) is 45.9 Å². The van der Waals surface area contributed by atoms with Gasteiger partial charge in [0, 0.05) is 30.8 Å². The van der Waals surface area contributed by atoms with Gasteiger partial charge in [-0.15, -0.1) is 0 Å². The van der Waals surface area contributed by atoms with Gasteiger partial charge in [0.1, 0.15) is 17.2 Å². The highest BCUT2D eigenvalue weighted by molar-refractivity contribution is 5.40. The van der Waals surface area contributed by atoms with E-state index in [4.69, 9.17) is 14.2 Å². The van der Waals surface area contributed by atoms with E-state index in [-0.39, 0.29) is 0 Å². The standard InChI is InChI=1S/C22H30N2O3/c1-25-19-9-6-17(7-10-19)21(24-12-4-5-13-24)16-23-15-18-8-11-20(26-2)14-22(18)27-3/h6-11,14,21,23H,4-5,12-13,15-16H2,1-3H3/t21-/m1/s1. The highest BCUT2D eigenvalue weighted by Gasteiger charge is 2.23. The number of benzene rings is 2. The van der Waals surface area contributed by atoms with Crippen molar-refractivity contribution < 1.29 is 14.2 Å². The molecule has 1 heterocycles. The summed E-state index contributed by atoms with van der Waals surface area (Å²) in [7, 11) is 5.07. The largest absolute Gasteiger partial charge is 0.497 e. The number of nitrogens with zero attached hydrogens (tertiary/aromatic N) is 1. The molecule has 0 aromatic heterocycles. The molecule has 5 nitrogen and oxygen atoms in total. The van der Waals surface area contributed by atoms with E-state index in [0.717, 1.165) is 49.0 Å². The second-order valence-corrected chi connectivity index (χ2v) is 6.84. The molecule has 0 spiro atoms. The fourth-order valence-electron chi connectivity index (χ4n) is 3.68. The van der Waals surface area contributed by atoms with Crippen molar-refractivity contribution in [1.82, 2.24) is 10.2 Å². The van der Waals surface area contributed by atoms with Gasteiger partial charge in [-0.25, -0.2) is 0 Å². The molecule has 1 saturated heterocycles. The minimum atomic E-state index is 0.364. The van der Waals surface area contributed by atoms with E-state index >= 15 is 0 Å². The minimum absolute atomic E-state index is 0.364. The molecule has 0 aliphatic carbocycles. The zero-order chi connectivity index (χ0) is 19.1. The molecule has 27 heavy (non-hydrogen) atoms. The van der Waals surface area contributed by atoms with Crippen molar-refractivity contribution in [2.45, 2.75) is 25.4 Å². The van der Waals surface area contributed by atoms with Crippen LogP contribution in [0.25, 0.3) is 0 Å². The van der Waals surface area contributed by atoms with Crippen molar-refractivity contribution in [3.8, 4) is 17.2 Å². The van der Waals surface area contributed by atoms with Gasteiger partial charge in [0.25, 0.3) is 0 Å². The third kappa shape index (κ3) is 4.93. The Labute approximate surface area is 162 Å². The van der Waals surface area contributed by atoms with Crippen LogP contribution in [0.3, 0.4) is 0 Å². The summed E-state index contributed by atoms with van der Waals surface area (Å²) < 4.78 is 16.1. The molecule has 146 valence electrons.